The van der Waals surface area contributed by atoms with E-state index in [-0.39, 0.29) is 0 Å². The highest BCUT2D eigenvalue weighted by molar-refractivity contribution is 7.78. The van der Waals surface area contributed by atoms with Gasteiger partial charge >= 0.3 is 0 Å². The Kier molecular flexibility index (Phi) is 2.31. The van der Waals surface area contributed by atoms with Gasteiger partial charge in [-0.3, -0.25) is 14.3 Å². The van der Waals surface area contributed by atoms with Crippen LogP contribution in [-0.2, 0) is 0 Å². The highest BCUT2D eigenvalue weighted by Crippen LogP contribution is 2.21. The van der Waals surface area contributed by atoms with E-state index in [1.807, 2.05) is 18.2 Å². The van der Waals surface area contributed by atoms with Crippen molar-refractivity contribution >= 4 is 24.7 Å². The number of pyridine rings is 1. The van der Waals surface area contributed by atoms with Gasteiger partial charge in [-0.05, 0) is 18.2 Å². The minimum absolute atomic E-state index is 0.595. The molecule has 4 heteroatoms. The van der Waals surface area contributed by atoms with E-state index in [1.54, 1.807) is 22.9 Å². The molecule has 0 aliphatic carbocycles. The molecule has 2 rings (SSSR count). The van der Waals surface area contributed by atoms with Crippen molar-refractivity contribution in [3.63, 3.8) is 0 Å². The first kappa shape index (κ1) is 8.31. The molecule has 0 spiro atoms. The van der Waals surface area contributed by atoms with Gasteiger partial charge in [-0.1, -0.05) is 12.8 Å². The normalized spacial score (nSPS) is 15.8. The molecular formula is C9H9N3S. The zero-order valence-electron chi connectivity index (χ0n) is 6.96. The molecule has 66 valence electrons. The largest absolute Gasteiger partial charge is 0.297 e. The fourth-order valence-electron chi connectivity index (χ4n) is 1.18. The molecule has 0 bridgehead atoms. The Balaban J connectivity index is 2.35. The van der Waals surface area contributed by atoms with Crippen LogP contribution in [0.3, 0.4) is 0 Å². The van der Waals surface area contributed by atoms with Crippen molar-refractivity contribution in [2.75, 3.05) is 6.67 Å². The maximum atomic E-state index is 4.30. The van der Waals surface area contributed by atoms with Crippen molar-refractivity contribution in [1.29, 1.82) is 0 Å². The third-order valence-corrected chi connectivity index (χ3v) is 2.15. The number of hydrogen-bond donors (Lipinski definition) is 1. The van der Waals surface area contributed by atoms with E-state index in [2.05, 4.69) is 22.8 Å². The highest BCUT2D eigenvalue weighted by Gasteiger charge is 2.08. The molecule has 0 aromatic carbocycles. The molecule has 0 amide bonds. The summed E-state index contributed by atoms with van der Waals surface area (Å²) < 4.78 is 1.80. The van der Waals surface area contributed by atoms with E-state index in [0.717, 1.165) is 11.3 Å². The number of aromatic nitrogens is 1. The molecule has 0 fully saturated rings. The summed E-state index contributed by atoms with van der Waals surface area (Å²) in [5.41, 5.74) is 2.16. The van der Waals surface area contributed by atoms with Crippen LogP contribution in [0.5, 0.6) is 0 Å². The van der Waals surface area contributed by atoms with Gasteiger partial charge in [0.2, 0.25) is 0 Å². The number of nitrogens with zero attached hydrogens (tertiary/aromatic N) is 3. The zero-order valence-corrected chi connectivity index (χ0v) is 7.85. The molecule has 13 heavy (non-hydrogen) atoms. The SMILES string of the molecule is SN1CN=CC=C1c1ccncc1. The van der Waals surface area contributed by atoms with Crippen LogP contribution in [0.25, 0.3) is 5.70 Å². The van der Waals surface area contributed by atoms with Gasteiger partial charge in [-0.25, -0.2) is 0 Å². The Morgan fingerprint density at radius 3 is 2.77 bits per heavy atom. The fourth-order valence-corrected chi connectivity index (χ4v) is 1.43. The van der Waals surface area contributed by atoms with Gasteiger partial charge in [-0.15, -0.1) is 0 Å². The quantitative estimate of drug-likeness (QED) is 0.683. The van der Waals surface area contributed by atoms with Crippen LogP contribution in [0.4, 0.5) is 0 Å². The third kappa shape index (κ3) is 1.72. The second-order valence-electron chi connectivity index (χ2n) is 2.66. The average Bonchev–Trinajstić information content (AvgIpc) is 2.20. The lowest BCUT2D eigenvalue weighted by atomic mass is 10.2. The molecule has 0 saturated heterocycles. The van der Waals surface area contributed by atoms with E-state index in [9.17, 15) is 0 Å². The Hall–Kier alpha value is -1.29. The van der Waals surface area contributed by atoms with Crippen molar-refractivity contribution in [3.05, 3.63) is 36.2 Å². The van der Waals surface area contributed by atoms with Crippen LogP contribution >= 0.6 is 12.8 Å². The van der Waals surface area contributed by atoms with E-state index in [0.29, 0.717) is 6.67 Å². The Bertz CT molecular complexity index is 345. The predicted octanol–water partition coefficient (Wildman–Crippen LogP) is 1.61. The van der Waals surface area contributed by atoms with Crippen LogP contribution in [0.15, 0.2) is 35.6 Å². The fraction of sp³-hybridized carbons (Fsp3) is 0.111. The number of allylic oxidation sites excluding steroid dienone is 1. The summed E-state index contributed by atoms with van der Waals surface area (Å²) in [6, 6.07) is 3.91. The molecule has 1 aromatic heterocycles. The highest BCUT2D eigenvalue weighted by atomic mass is 32.1. The first-order valence-corrected chi connectivity index (χ1v) is 4.35. The zero-order chi connectivity index (χ0) is 9.10. The van der Waals surface area contributed by atoms with Gasteiger partial charge in [0.15, 0.2) is 0 Å². The van der Waals surface area contributed by atoms with Gasteiger partial charge in [0.25, 0.3) is 0 Å². The lowest BCUT2D eigenvalue weighted by molar-refractivity contribution is 0.670. The summed E-state index contributed by atoms with van der Waals surface area (Å²) in [6.07, 6.45) is 7.27. The molecule has 2 heterocycles. The van der Waals surface area contributed by atoms with Crippen molar-refractivity contribution in [2.24, 2.45) is 4.99 Å². The molecule has 0 unspecified atom stereocenters. The number of thiol groups is 1. The molecule has 1 aliphatic heterocycles. The van der Waals surface area contributed by atoms with Crippen LogP contribution in [0, 0.1) is 0 Å². The van der Waals surface area contributed by atoms with E-state index >= 15 is 0 Å². The summed E-state index contributed by atoms with van der Waals surface area (Å²) >= 11 is 4.30. The van der Waals surface area contributed by atoms with E-state index < -0.39 is 0 Å². The molecule has 0 N–H and O–H groups in total. The summed E-state index contributed by atoms with van der Waals surface area (Å²) in [7, 11) is 0. The number of aliphatic imine (C=N–C) groups is 1. The van der Waals surface area contributed by atoms with Gasteiger partial charge < -0.3 is 0 Å². The number of rotatable bonds is 1. The topological polar surface area (TPSA) is 28.5 Å². The van der Waals surface area contributed by atoms with Gasteiger partial charge in [0.1, 0.15) is 6.67 Å². The first-order chi connectivity index (χ1) is 6.38. The predicted molar refractivity (Wildman–Crippen MR) is 56.4 cm³/mol. The lowest BCUT2D eigenvalue weighted by Gasteiger charge is -2.20. The number of hydrogen-bond acceptors (Lipinski definition) is 4. The third-order valence-electron chi connectivity index (χ3n) is 1.81. The van der Waals surface area contributed by atoms with Crippen LogP contribution in [0.1, 0.15) is 5.56 Å². The molecule has 0 radical (unpaired) electrons. The Labute approximate surface area is 82.4 Å². The standard InChI is InChI=1S/C9H9N3S/c13-12-7-11-6-3-9(12)8-1-4-10-5-2-8/h1-6,13H,7H2. The van der Waals surface area contributed by atoms with Crippen molar-refractivity contribution < 1.29 is 0 Å². The summed E-state index contributed by atoms with van der Waals surface area (Å²) in [6.45, 7) is 0.595. The second kappa shape index (κ2) is 3.62. The van der Waals surface area contributed by atoms with Crippen molar-refractivity contribution in [1.82, 2.24) is 9.29 Å². The smallest absolute Gasteiger partial charge is 0.120 e. The second-order valence-corrected chi connectivity index (χ2v) is 3.14. The molecule has 0 atom stereocenters. The van der Waals surface area contributed by atoms with Gasteiger partial charge in [0.05, 0.1) is 5.70 Å². The van der Waals surface area contributed by atoms with Crippen LogP contribution in [0.2, 0.25) is 0 Å². The average molecular weight is 191 g/mol. The van der Waals surface area contributed by atoms with Gasteiger partial charge in [-0.2, -0.15) is 0 Å². The van der Waals surface area contributed by atoms with Crippen LogP contribution in [-0.4, -0.2) is 22.2 Å². The summed E-state index contributed by atoms with van der Waals surface area (Å²) in [4.78, 5) is 8.03. The van der Waals surface area contributed by atoms with Crippen LogP contribution < -0.4 is 0 Å². The molecule has 0 saturated carbocycles. The maximum Gasteiger partial charge on any atom is 0.120 e. The minimum atomic E-state index is 0.595. The first-order valence-electron chi connectivity index (χ1n) is 3.95. The summed E-state index contributed by atoms with van der Waals surface area (Å²) in [5, 5.41) is 0. The maximum absolute atomic E-state index is 4.30. The Morgan fingerprint density at radius 2 is 2.08 bits per heavy atom. The molecule has 1 aliphatic rings. The van der Waals surface area contributed by atoms with E-state index in [4.69, 9.17) is 0 Å². The minimum Gasteiger partial charge on any atom is -0.297 e. The monoisotopic (exact) mass is 191 g/mol. The lowest BCUT2D eigenvalue weighted by Crippen LogP contribution is -2.14. The molecule has 3 nitrogen and oxygen atoms in total. The molecule has 1 aromatic rings. The summed E-state index contributed by atoms with van der Waals surface area (Å²) in [5.74, 6) is 0. The Morgan fingerprint density at radius 1 is 1.31 bits per heavy atom. The van der Waals surface area contributed by atoms with E-state index in [1.165, 1.54) is 0 Å². The molecular weight excluding hydrogens is 182 g/mol. The van der Waals surface area contributed by atoms with Crippen molar-refractivity contribution in [2.45, 2.75) is 0 Å². The van der Waals surface area contributed by atoms with Gasteiger partial charge in [0, 0.05) is 24.2 Å². The van der Waals surface area contributed by atoms with Crippen molar-refractivity contribution in [3.8, 4) is 0 Å².